The summed E-state index contributed by atoms with van der Waals surface area (Å²) in [7, 11) is 0. The first kappa shape index (κ1) is 35.1. The maximum atomic E-state index is 12.2. The zero-order valence-electron chi connectivity index (χ0n) is 27.4. The lowest BCUT2D eigenvalue weighted by Gasteiger charge is -2.36. The first-order valence-electron chi connectivity index (χ1n) is 16.5. The zero-order chi connectivity index (χ0) is 34.7. The van der Waals surface area contributed by atoms with Crippen LogP contribution in [-0.2, 0) is 32.2 Å². The van der Waals surface area contributed by atoms with E-state index in [1.165, 1.54) is 11.8 Å². The number of amides is 2. The number of oxazole rings is 1. The molecule has 2 heterocycles. The van der Waals surface area contributed by atoms with E-state index >= 15 is 0 Å². The number of hydroxylamine groups is 1. The number of thioether (sulfide) groups is 1. The molecule has 2 amide bonds. The average Bonchev–Trinajstić information content (AvgIpc) is 3.61. The Morgan fingerprint density at radius 1 is 0.780 bits per heavy atom. The van der Waals surface area contributed by atoms with Gasteiger partial charge in [0, 0.05) is 48.3 Å². The molecule has 0 saturated carbocycles. The molecule has 10 nitrogen and oxygen atoms in total. The van der Waals surface area contributed by atoms with Gasteiger partial charge in [-0.2, -0.15) is 0 Å². The van der Waals surface area contributed by atoms with Crippen molar-refractivity contribution in [3.63, 3.8) is 0 Å². The van der Waals surface area contributed by atoms with Gasteiger partial charge in [-0.25, -0.2) is 10.5 Å². The van der Waals surface area contributed by atoms with Gasteiger partial charge in [0.25, 0.3) is 5.22 Å². The molecule has 1 aromatic heterocycles. The van der Waals surface area contributed by atoms with Gasteiger partial charge in [0.1, 0.15) is 5.69 Å². The summed E-state index contributed by atoms with van der Waals surface area (Å²) >= 11 is 1.51. The predicted octanol–water partition coefficient (Wildman–Crippen LogP) is 7.13. The molecule has 4 aromatic carbocycles. The van der Waals surface area contributed by atoms with Gasteiger partial charge >= 0.3 is 0 Å². The second kappa shape index (κ2) is 17.2. The molecule has 0 radical (unpaired) electrons. The molecule has 6 rings (SSSR count). The van der Waals surface area contributed by atoms with E-state index in [0.717, 1.165) is 44.8 Å². The number of nitrogens with one attached hydrogen (secondary N) is 2. The number of rotatable bonds is 14. The number of nitrogens with zero attached hydrogens (tertiary/aromatic N) is 1. The number of hydrogen-bond acceptors (Lipinski definition) is 9. The largest absolute Gasteiger partial charge is 0.431 e. The van der Waals surface area contributed by atoms with Gasteiger partial charge in [-0.1, -0.05) is 121 Å². The molecule has 0 spiro atoms. The van der Waals surface area contributed by atoms with Gasteiger partial charge in [-0.05, 0) is 23.1 Å². The molecule has 50 heavy (non-hydrogen) atoms. The molecule has 1 aliphatic rings. The Hall–Kier alpha value is -4.78. The maximum Gasteiger partial charge on any atom is 0.256 e. The summed E-state index contributed by atoms with van der Waals surface area (Å²) in [5.41, 5.74) is 7.86. The van der Waals surface area contributed by atoms with Crippen molar-refractivity contribution >= 4 is 23.6 Å². The number of aliphatic hydroxyl groups excluding tert-OH is 1. The molecule has 0 unspecified atom stereocenters. The minimum atomic E-state index is -0.637. The normalized spacial score (nSPS) is 17.3. The van der Waals surface area contributed by atoms with Gasteiger partial charge in [0.15, 0.2) is 12.1 Å². The van der Waals surface area contributed by atoms with E-state index in [1.54, 1.807) is 5.48 Å². The van der Waals surface area contributed by atoms with Gasteiger partial charge in [0.05, 0.1) is 18.8 Å². The predicted molar refractivity (Wildman–Crippen MR) is 189 cm³/mol. The van der Waals surface area contributed by atoms with Crippen molar-refractivity contribution in [3.05, 3.63) is 131 Å². The van der Waals surface area contributed by atoms with Crippen LogP contribution in [0.15, 0.2) is 119 Å². The third-order valence-corrected chi connectivity index (χ3v) is 9.33. The van der Waals surface area contributed by atoms with Gasteiger partial charge in [0.2, 0.25) is 11.8 Å². The fourth-order valence-corrected chi connectivity index (χ4v) is 6.51. The van der Waals surface area contributed by atoms with Gasteiger partial charge in [-0.3, -0.25) is 14.8 Å². The van der Waals surface area contributed by atoms with Crippen LogP contribution in [0.4, 0.5) is 0 Å². The van der Waals surface area contributed by atoms with Crippen LogP contribution in [0.3, 0.4) is 0 Å². The SMILES string of the molecule is O=C(CCCC(=O)NCc1ccc([C@H]2O[C@@H](CSc3nc(-c4ccccc4)c(-c4ccccc4)o3)C[C@@H](c3ccc(CO)cc3)O2)cc1)NO. The minimum absolute atomic E-state index is 0.0312. The van der Waals surface area contributed by atoms with E-state index in [1.807, 2.05) is 109 Å². The lowest BCUT2D eigenvalue weighted by Crippen LogP contribution is -2.31. The van der Waals surface area contributed by atoms with Crippen LogP contribution in [0.25, 0.3) is 22.6 Å². The molecule has 1 saturated heterocycles. The highest BCUT2D eigenvalue weighted by molar-refractivity contribution is 7.99. The van der Waals surface area contributed by atoms with Crippen LogP contribution >= 0.6 is 11.8 Å². The van der Waals surface area contributed by atoms with E-state index in [9.17, 15) is 14.7 Å². The number of aliphatic hydroxyl groups is 1. The lowest BCUT2D eigenvalue weighted by atomic mass is 10.0. The fourth-order valence-electron chi connectivity index (χ4n) is 5.67. The smallest absolute Gasteiger partial charge is 0.256 e. The van der Waals surface area contributed by atoms with Gasteiger partial charge in [-0.15, -0.1) is 0 Å². The van der Waals surface area contributed by atoms with Crippen LogP contribution in [0, 0.1) is 0 Å². The molecular formula is C39H39N3O7S. The first-order chi connectivity index (χ1) is 24.5. The van der Waals surface area contributed by atoms with Crippen molar-refractivity contribution in [2.75, 3.05) is 5.75 Å². The minimum Gasteiger partial charge on any atom is -0.431 e. The van der Waals surface area contributed by atoms with Crippen LogP contribution in [0.5, 0.6) is 0 Å². The Morgan fingerprint density at radius 3 is 2.10 bits per heavy atom. The highest BCUT2D eigenvalue weighted by Crippen LogP contribution is 2.41. The summed E-state index contributed by atoms with van der Waals surface area (Å²) in [6, 6.07) is 35.5. The summed E-state index contributed by atoms with van der Waals surface area (Å²) in [6.07, 6.45) is 0.141. The Kier molecular flexibility index (Phi) is 12.1. The number of ether oxygens (including phenoxy) is 2. The van der Waals surface area contributed by atoms with Crippen LogP contribution < -0.4 is 10.8 Å². The quantitative estimate of drug-likeness (QED) is 0.0543. The van der Waals surface area contributed by atoms with E-state index in [2.05, 4.69) is 5.32 Å². The summed E-state index contributed by atoms with van der Waals surface area (Å²) in [6.45, 7) is 0.305. The lowest BCUT2D eigenvalue weighted by molar-refractivity contribution is -0.245. The highest BCUT2D eigenvalue weighted by Gasteiger charge is 2.33. The summed E-state index contributed by atoms with van der Waals surface area (Å²) in [5.74, 6) is 0.611. The molecular weight excluding hydrogens is 655 g/mol. The molecule has 4 N–H and O–H groups in total. The molecule has 258 valence electrons. The number of benzene rings is 4. The molecule has 1 fully saturated rings. The van der Waals surface area contributed by atoms with Crippen LogP contribution in [-0.4, -0.2) is 39.0 Å². The molecule has 1 aliphatic heterocycles. The molecule has 0 bridgehead atoms. The van der Waals surface area contributed by atoms with Crippen molar-refractivity contribution in [3.8, 4) is 22.6 Å². The van der Waals surface area contributed by atoms with Crippen LogP contribution in [0.2, 0.25) is 0 Å². The third-order valence-electron chi connectivity index (χ3n) is 8.37. The Bertz CT molecular complexity index is 1780. The molecule has 11 heteroatoms. The van der Waals surface area contributed by atoms with Crippen molar-refractivity contribution in [2.24, 2.45) is 0 Å². The molecule has 3 atom stereocenters. The number of carbonyl (C=O) groups excluding carboxylic acids is 2. The Morgan fingerprint density at radius 2 is 1.42 bits per heavy atom. The Labute approximate surface area is 294 Å². The van der Waals surface area contributed by atoms with Crippen molar-refractivity contribution in [1.29, 1.82) is 0 Å². The molecule has 0 aliphatic carbocycles. The third kappa shape index (κ3) is 9.26. The van der Waals surface area contributed by atoms with Crippen molar-refractivity contribution < 1.29 is 33.8 Å². The monoisotopic (exact) mass is 693 g/mol. The maximum absolute atomic E-state index is 12.2. The van der Waals surface area contributed by atoms with Gasteiger partial charge < -0.3 is 24.3 Å². The topological polar surface area (TPSA) is 143 Å². The van der Waals surface area contributed by atoms with Crippen LogP contribution in [0.1, 0.15) is 60.3 Å². The van der Waals surface area contributed by atoms with Crippen molar-refractivity contribution in [1.82, 2.24) is 15.8 Å². The Balaban J connectivity index is 1.15. The first-order valence-corrected chi connectivity index (χ1v) is 17.5. The number of hydrogen-bond donors (Lipinski definition) is 4. The van der Waals surface area contributed by atoms with E-state index in [4.69, 9.17) is 24.1 Å². The highest BCUT2D eigenvalue weighted by atomic mass is 32.2. The number of carbonyl (C=O) groups is 2. The second-order valence-corrected chi connectivity index (χ2v) is 12.9. The standard InChI is InChI=1S/C39H39N3O7S/c43-24-27-16-18-28(19-17-27)33-22-32(25-50-39-41-36(29-8-3-1-4-9-29)37(49-39)30-10-5-2-6-11-30)47-38(48-33)31-20-14-26(15-21-31)23-40-34(44)12-7-13-35(45)42-46/h1-6,8-11,14-21,32-33,38,43,46H,7,12-13,22-25H2,(H,40,44)(H,42,45)/t32-,33+,38+/m1/s1. The summed E-state index contributed by atoms with van der Waals surface area (Å²) < 4.78 is 19.4. The van der Waals surface area contributed by atoms with E-state index in [-0.39, 0.29) is 37.6 Å². The summed E-state index contributed by atoms with van der Waals surface area (Å²) in [4.78, 5) is 28.3. The summed E-state index contributed by atoms with van der Waals surface area (Å²) in [5, 5.41) is 21.6. The van der Waals surface area contributed by atoms with E-state index in [0.29, 0.717) is 30.4 Å². The number of aromatic nitrogens is 1. The van der Waals surface area contributed by atoms with Crippen molar-refractivity contribution in [2.45, 2.75) is 62.6 Å². The average molecular weight is 694 g/mol. The fraction of sp³-hybridized carbons (Fsp3) is 0.256. The second-order valence-electron chi connectivity index (χ2n) is 12.0. The molecule has 5 aromatic rings. The van der Waals surface area contributed by atoms with E-state index < -0.39 is 12.2 Å². The zero-order valence-corrected chi connectivity index (χ0v) is 28.2.